The molecule has 112 valence electrons. The molecule has 1 unspecified atom stereocenters. The molecule has 0 bridgehead atoms. The molecule has 0 spiro atoms. The van der Waals surface area contributed by atoms with Gasteiger partial charge in [-0.2, -0.15) is 0 Å². The summed E-state index contributed by atoms with van der Waals surface area (Å²) < 4.78 is 12.0. The van der Waals surface area contributed by atoms with Crippen LogP contribution < -0.4 is 14.8 Å². The number of ether oxygens (including phenoxy) is 2. The molecule has 20 heavy (non-hydrogen) atoms. The standard InChI is InChI=1S/C16H24BrNO2/c1-10(2)13-11(16(3)7-6-8-18-16)9-12(19-4)15(20-5)14(13)17/h9-10,18H,6-8H2,1-5H3. The van der Waals surface area contributed by atoms with Gasteiger partial charge in [-0.1, -0.05) is 13.8 Å². The molecule has 3 nitrogen and oxygen atoms in total. The first-order chi connectivity index (χ1) is 9.44. The van der Waals surface area contributed by atoms with E-state index in [0.29, 0.717) is 5.92 Å². The van der Waals surface area contributed by atoms with Crippen molar-refractivity contribution >= 4 is 15.9 Å². The molecule has 1 saturated heterocycles. The third kappa shape index (κ3) is 2.56. The number of hydrogen-bond donors (Lipinski definition) is 1. The van der Waals surface area contributed by atoms with Crippen LogP contribution in [0.1, 0.15) is 50.7 Å². The first kappa shape index (κ1) is 15.6. The van der Waals surface area contributed by atoms with Gasteiger partial charge in [-0.3, -0.25) is 0 Å². The van der Waals surface area contributed by atoms with Crippen LogP contribution in [-0.4, -0.2) is 20.8 Å². The molecule has 1 aliphatic heterocycles. The van der Waals surface area contributed by atoms with Gasteiger partial charge in [-0.25, -0.2) is 0 Å². The third-order valence-corrected chi connectivity index (χ3v) is 4.98. The summed E-state index contributed by atoms with van der Waals surface area (Å²) in [5.41, 5.74) is 2.64. The van der Waals surface area contributed by atoms with Crippen molar-refractivity contribution in [1.82, 2.24) is 5.32 Å². The first-order valence-electron chi connectivity index (χ1n) is 7.14. The Hall–Kier alpha value is -0.740. The SMILES string of the molecule is COc1cc(C2(C)CCCN2)c(C(C)C)c(Br)c1OC. The van der Waals surface area contributed by atoms with Crippen molar-refractivity contribution in [1.29, 1.82) is 0 Å². The topological polar surface area (TPSA) is 30.5 Å². The van der Waals surface area contributed by atoms with Crippen molar-refractivity contribution in [2.24, 2.45) is 0 Å². The van der Waals surface area contributed by atoms with Crippen molar-refractivity contribution < 1.29 is 9.47 Å². The minimum atomic E-state index is 0.0156. The van der Waals surface area contributed by atoms with E-state index in [1.165, 1.54) is 17.5 Å². The maximum absolute atomic E-state index is 5.52. The summed E-state index contributed by atoms with van der Waals surface area (Å²) in [4.78, 5) is 0. The Morgan fingerprint density at radius 1 is 1.30 bits per heavy atom. The zero-order valence-electron chi connectivity index (χ0n) is 13.0. The molecule has 1 aliphatic rings. The Bertz CT molecular complexity index is 494. The molecular weight excluding hydrogens is 318 g/mol. The van der Waals surface area contributed by atoms with Crippen LogP contribution in [0.25, 0.3) is 0 Å². The van der Waals surface area contributed by atoms with Gasteiger partial charge in [0.2, 0.25) is 0 Å². The van der Waals surface area contributed by atoms with Gasteiger partial charge in [0.15, 0.2) is 11.5 Å². The summed E-state index contributed by atoms with van der Waals surface area (Å²) >= 11 is 3.72. The second-order valence-corrected chi connectivity index (χ2v) is 6.70. The van der Waals surface area contributed by atoms with E-state index in [9.17, 15) is 0 Å². The maximum atomic E-state index is 5.52. The van der Waals surface area contributed by atoms with Crippen LogP contribution in [0.15, 0.2) is 10.5 Å². The highest BCUT2D eigenvalue weighted by molar-refractivity contribution is 9.10. The molecular formula is C16H24BrNO2. The Labute approximate surface area is 130 Å². The van der Waals surface area contributed by atoms with Gasteiger partial charge in [0.25, 0.3) is 0 Å². The van der Waals surface area contributed by atoms with Gasteiger partial charge in [0.05, 0.1) is 18.7 Å². The lowest BCUT2D eigenvalue weighted by molar-refractivity contribution is 0.348. The van der Waals surface area contributed by atoms with Crippen molar-refractivity contribution in [3.05, 3.63) is 21.7 Å². The van der Waals surface area contributed by atoms with Gasteiger partial charge in [0, 0.05) is 5.54 Å². The molecule has 1 heterocycles. The smallest absolute Gasteiger partial charge is 0.175 e. The Morgan fingerprint density at radius 3 is 2.45 bits per heavy atom. The van der Waals surface area contributed by atoms with Crippen LogP contribution in [0.4, 0.5) is 0 Å². The van der Waals surface area contributed by atoms with Crippen LogP contribution in [0.2, 0.25) is 0 Å². The molecule has 1 aromatic carbocycles. The van der Waals surface area contributed by atoms with Gasteiger partial charge in [-0.05, 0) is 65.4 Å². The lowest BCUT2D eigenvalue weighted by Crippen LogP contribution is -2.34. The fourth-order valence-electron chi connectivity index (χ4n) is 3.11. The highest BCUT2D eigenvalue weighted by Gasteiger charge is 2.35. The molecule has 2 rings (SSSR count). The molecule has 4 heteroatoms. The molecule has 1 fully saturated rings. The monoisotopic (exact) mass is 341 g/mol. The van der Waals surface area contributed by atoms with Crippen LogP contribution in [0, 0.1) is 0 Å². The third-order valence-electron chi connectivity index (χ3n) is 4.19. The van der Waals surface area contributed by atoms with Crippen molar-refractivity contribution in [2.45, 2.75) is 45.1 Å². The number of nitrogens with one attached hydrogen (secondary N) is 1. The van der Waals surface area contributed by atoms with E-state index in [1.807, 2.05) is 0 Å². The predicted molar refractivity (Wildman–Crippen MR) is 85.9 cm³/mol. The molecule has 0 saturated carbocycles. The molecule has 1 aromatic rings. The molecule has 0 aromatic heterocycles. The molecule has 1 atom stereocenters. The van der Waals surface area contributed by atoms with Crippen LogP contribution in [-0.2, 0) is 5.54 Å². The average Bonchev–Trinajstić information content (AvgIpc) is 2.85. The summed E-state index contributed by atoms with van der Waals surface area (Å²) in [6.07, 6.45) is 2.36. The van der Waals surface area contributed by atoms with Crippen molar-refractivity contribution in [2.75, 3.05) is 20.8 Å². The number of benzene rings is 1. The zero-order chi connectivity index (χ0) is 14.9. The second kappa shape index (κ2) is 5.94. The normalized spacial score (nSPS) is 22.4. The van der Waals surface area contributed by atoms with E-state index >= 15 is 0 Å². The van der Waals surface area contributed by atoms with Gasteiger partial charge < -0.3 is 14.8 Å². The van der Waals surface area contributed by atoms with Crippen molar-refractivity contribution in [3.8, 4) is 11.5 Å². The summed E-state index contributed by atoms with van der Waals surface area (Å²) in [5, 5.41) is 3.64. The molecule has 0 aliphatic carbocycles. The minimum Gasteiger partial charge on any atom is -0.493 e. The Morgan fingerprint density at radius 2 is 2.00 bits per heavy atom. The lowest BCUT2D eigenvalue weighted by atomic mass is 9.83. The highest BCUT2D eigenvalue weighted by atomic mass is 79.9. The molecule has 1 N–H and O–H groups in total. The number of halogens is 1. The Balaban J connectivity index is 2.68. The predicted octanol–water partition coefficient (Wildman–Crippen LogP) is 4.19. The van der Waals surface area contributed by atoms with E-state index in [0.717, 1.165) is 28.9 Å². The van der Waals surface area contributed by atoms with Gasteiger partial charge in [-0.15, -0.1) is 0 Å². The molecule has 0 amide bonds. The van der Waals surface area contributed by atoms with Crippen LogP contribution in [0.5, 0.6) is 11.5 Å². The average molecular weight is 342 g/mol. The molecule has 0 radical (unpaired) electrons. The van der Waals surface area contributed by atoms with E-state index < -0.39 is 0 Å². The number of hydrogen-bond acceptors (Lipinski definition) is 3. The van der Waals surface area contributed by atoms with E-state index in [1.54, 1.807) is 14.2 Å². The summed E-state index contributed by atoms with van der Waals surface area (Å²) in [7, 11) is 3.37. The fourth-order valence-corrected chi connectivity index (χ4v) is 4.14. The quantitative estimate of drug-likeness (QED) is 0.890. The van der Waals surface area contributed by atoms with Crippen molar-refractivity contribution in [3.63, 3.8) is 0 Å². The first-order valence-corrected chi connectivity index (χ1v) is 7.93. The summed E-state index contributed by atoms with van der Waals surface area (Å²) in [5.74, 6) is 1.98. The van der Waals surface area contributed by atoms with E-state index in [4.69, 9.17) is 9.47 Å². The zero-order valence-corrected chi connectivity index (χ0v) is 14.6. The number of rotatable bonds is 4. The minimum absolute atomic E-state index is 0.0156. The maximum Gasteiger partial charge on any atom is 0.175 e. The van der Waals surface area contributed by atoms with Crippen LogP contribution in [0.3, 0.4) is 0 Å². The summed E-state index contributed by atoms with van der Waals surface area (Å²) in [6.45, 7) is 7.78. The Kier molecular flexibility index (Phi) is 4.65. The van der Waals surface area contributed by atoms with Crippen LogP contribution >= 0.6 is 15.9 Å². The van der Waals surface area contributed by atoms with Gasteiger partial charge >= 0.3 is 0 Å². The van der Waals surface area contributed by atoms with E-state index in [2.05, 4.69) is 48.1 Å². The highest BCUT2D eigenvalue weighted by Crippen LogP contribution is 2.47. The largest absolute Gasteiger partial charge is 0.493 e. The second-order valence-electron chi connectivity index (χ2n) is 5.90. The fraction of sp³-hybridized carbons (Fsp3) is 0.625. The van der Waals surface area contributed by atoms with E-state index in [-0.39, 0.29) is 5.54 Å². The lowest BCUT2D eigenvalue weighted by Gasteiger charge is -2.31. The summed E-state index contributed by atoms with van der Waals surface area (Å²) in [6, 6.07) is 2.14. The number of methoxy groups -OCH3 is 2. The van der Waals surface area contributed by atoms with Gasteiger partial charge in [0.1, 0.15) is 0 Å².